The third-order valence-electron chi connectivity index (χ3n) is 3.91. The Bertz CT molecular complexity index is 565. The Morgan fingerprint density at radius 3 is 3.09 bits per heavy atom. The standard InChI is InChI=1S/C14H18N4O4S/c19-13-11-12(15-7-16-13)18(8-17-11)10-2-1-9(5-10)6-22-14(20)21-3-4-23/h1-2,7-12,23H,3-6H2,(H,15,16,19)/t9-,10+,11?,12?/m1/s1. The molecule has 3 rings (SSSR count). The minimum absolute atomic E-state index is 0.0823. The van der Waals surface area contributed by atoms with Crippen molar-refractivity contribution >= 4 is 37.4 Å². The van der Waals surface area contributed by atoms with E-state index in [1.807, 2.05) is 17.1 Å². The molecule has 9 heteroatoms. The molecule has 2 heterocycles. The van der Waals surface area contributed by atoms with Gasteiger partial charge in [0.05, 0.1) is 18.7 Å². The van der Waals surface area contributed by atoms with Gasteiger partial charge in [-0.3, -0.25) is 9.79 Å². The van der Waals surface area contributed by atoms with E-state index in [1.54, 1.807) is 6.34 Å². The van der Waals surface area contributed by atoms with Gasteiger partial charge in [0.2, 0.25) is 0 Å². The van der Waals surface area contributed by atoms with Crippen LogP contribution in [0.1, 0.15) is 6.42 Å². The third kappa shape index (κ3) is 3.49. The highest BCUT2D eigenvalue weighted by Crippen LogP contribution is 2.28. The van der Waals surface area contributed by atoms with Crippen LogP contribution in [0.4, 0.5) is 4.79 Å². The molecule has 0 aromatic rings. The van der Waals surface area contributed by atoms with Gasteiger partial charge in [0, 0.05) is 11.7 Å². The molecule has 0 aromatic carbocycles. The summed E-state index contributed by atoms with van der Waals surface area (Å²) in [6.07, 6.45) is 6.93. The van der Waals surface area contributed by atoms with E-state index >= 15 is 0 Å². The molecule has 8 nitrogen and oxygen atoms in total. The van der Waals surface area contributed by atoms with Crippen LogP contribution in [0.2, 0.25) is 0 Å². The number of rotatable bonds is 5. The van der Waals surface area contributed by atoms with E-state index < -0.39 is 12.2 Å². The Morgan fingerprint density at radius 1 is 1.39 bits per heavy atom. The molecule has 0 radical (unpaired) electrons. The van der Waals surface area contributed by atoms with Crippen LogP contribution in [0.3, 0.4) is 0 Å². The third-order valence-corrected chi connectivity index (χ3v) is 4.09. The summed E-state index contributed by atoms with van der Waals surface area (Å²) in [4.78, 5) is 33.5. The van der Waals surface area contributed by atoms with E-state index in [-0.39, 0.29) is 37.2 Å². The molecule has 0 saturated heterocycles. The van der Waals surface area contributed by atoms with Crippen LogP contribution in [-0.2, 0) is 14.3 Å². The number of fused-ring (bicyclic) bond motifs is 1. The zero-order chi connectivity index (χ0) is 16.2. The maximum atomic E-state index is 11.7. The lowest BCUT2D eigenvalue weighted by molar-refractivity contribution is -0.122. The second-order valence-corrected chi connectivity index (χ2v) is 5.89. The fraction of sp³-hybridized carbons (Fsp3) is 0.571. The number of carbonyl (C=O) groups is 2. The van der Waals surface area contributed by atoms with E-state index in [1.165, 1.54) is 6.34 Å². The number of thiol groups is 1. The van der Waals surface area contributed by atoms with E-state index in [9.17, 15) is 9.59 Å². The zero-order valence-electron chi connectivity index (χ0n) is 12.4. The molecule has 2 aliphatic heterocycles. The van der Waals surface area contributed by atoms with Crippen molar-refractivity contribution < 1.29 is 19.1 Å². The van der Waals surface area contributed by atoms with E-state index in [2.05, 4.69) is 27.9 Å². The summed E-state index contributed by atoms with van der Waals surface area (Å²) in [5.74, 6) is 0.431. The first-order chi connectivity index (χ1) is 11.2. The number of nitrogens with one attached hydrogen (secondary N) is 1. The molecule has 1 amide bonds. The maximum absolute atomic E-state index is 11.7. The lowest BCUT2D eigenvalue weighted by Crippen LogP contribution is -2.50. The molecule has 0 bridgehead atoms. The molecule has 0 spiro atoms. The second-order valence-electron chi connectivity index (χ2n) is 5.44. The van der Waals surface area contributed by atoms with Crippen molar-refractivity contribution in [3.8, 4) is 0 Å². The molecule has 0 fully saturated rings. The number of nitrogens with zero attached hydrogens (tertiary/aromatic N) is 3. The fourth-order valence-electron chi connectivity index (χ4n) is 2.81. The van der Waals surface area contributed by atoms with E-state index in [0.717, 1.165) is 6.42 Å². The first kappa shape index (κ1) is 15.9. The van der Waals surface area contributed by atoms with Gasteiger partial charge >= 0.3 is 6.16 Å². The molecule has 4 atom stereocenters. The molecular weight excluding hydrogens is 320 g/mol. The van der Waals surface area contributed by atoms with Crippen LogP contribution >= 0.6 is 12.6 Å². The van der Waals surface area contributed by atoms with Crippen molar-refractivity contribution in [3.05, 3.63) is 12.2 Å². The van der Waals surface area contributed by atoms with Gasteiger partial charge in [-0.1, -0.05) is 12.2 Å². The summed E-state index contributed by atoms with van der Waals surface area (Å²) in [5.41, 5.74) is 0. The molecule has 1 aliphatic carbocycles. The van der Waals surface area contributed by atoms with E-state index in [0.29, 0.717) is 5.75 Å². The van der Waals surface area contributed by atoms with Crippen molar-refractivity contribution in [1.29, 1.82) is 0 Å². The smallest absolute Gasteiger partial charge is 0.434 e. The number of hydrogen-bond donors (Lipinski definition) is 2. The second kappa shape index (κ2) is 7.03. The Hall–Kier alpha value is -2.03. The number of ether oxygens (including phenoxy) is 2. The first-order valence-electron chi connectivity index (χ1n) is 7.40. The maximum Gasteiger partial charge on any atom is 0.508 e. The molecule has 124 valence electrons. The molecular formula is C14H18N4O4S. The average molecular weight is 338 g/mol. The number of carbonyl (C=O) groups excluding carboxylic acids is 2. The topological polar surface area (TPSA) is 92.6 Å². The monoisotopic (exact) mass is 338 g/mol. The van der Waals surface area contributed by atoms with Crippen molar-refractivity contribution in [1.82, 2.24) is 10.2 Å². The van der Waals surface area contributed by atoms with Crippen molar-refractivity contribution in [2.24, 2.45) is 15.9 Å². The Balaban J connectivity index is 1.49. The van der Waals surface area contributed by atoms with Gasteiger partial charge in [-0.05, 0) is 6.42 Å². The summed E-state index contributed by atoms with van der Waals surface area (Å²) < 4.78 is 9.87. The number of hydrogen-bond acceptors (Lipinski definition) is 8. The molecule has 23 heavy (non-hydrogen) atoms. The Kier molecular flexibility index (Phi) is 4.85. The van der Waals surface area contributed by atoms with Crippen LogP contribution in [-0.4, -0.2) is 66.9 Å². The van der Waals surface area contributed by atoms with Crippen molar-refractivity contribution in [3.63, 3.8) is 0 Å². The van der Waals surface area contributed by atoms with Crippen LogP contribution in [0.25, 0.3) is 0 Å². The summed E-state index contributed by atoms with van der Waals surface area (Å²) >= 11 is 3.95. The molecule has 3 aliphatic rings. The number of amides is 1. The predicted octanol–water partition coefficient (Wildman–Crippen LogP) is 0.211. The van der Waals surface area contributed by atoms with Gasteiger partial charge in [0.1, 0.15) is 13.2 Å². The SMILES string of the molecule is O=C(OCCS)OC[C@@H]1C=C[C@H](N2C=NC3C(=O)NC=NC32)C1. The molecule has 1 N–H and O–H groups in total. The first-order valence-corrected chi connectivity index (χ1v) is 8.04. The fourth-order valence-corrected chi connectivity index (χ4v) is 2.90. The summed E-state index contributed by atoms with van der Waals surface area (Å²) in [5, 5.41) is 2.56. The lowest BCUT2D eigenvalue weighted by atomic mass is 10.1. The summed E-state index contributed by atoms with van der Waals surface area (Å²) in [6.45, 7) is 0.500. The lowest BCUT2D eigenvalue weighted by Gasteiger charge is -2.30. The summed E-state index contributed by atoms with van der Waals surface area (Å²) in [7, 11) is 0. The van der Waals surface area contributed by atoms with Crippen LogP contribution in [0.15, 0.2) is 22.1 Å². The molecule has 0 saturated carbocycles. The van der Waals surface area contributed by atoms with Gasteiger partial charge in [-0.25, -0.2) is 9.79 Å². The highest BCUT2D eigenvalue weighted by Gasteiger charge is 2.41. The van der Waals surface area contributed by atoms with E-state index in [4.69, 9.17) is 9.47 Å². The summed E-state index contributed by atoms with van der Waals surface area (Å²) in [6, 6.07) is -0.404. The van der Waals surface area contributed by atoms with Gasteiger partial charge in [-0.2, -0.15) is 12.6 Å². The van der Waals surface area contributed by atoms with Gasteiger partial charge in [-0.15, -0.1) is 0 Å². The van der Waals surface area contributed by atoms with Gasteiger partial charge in [0.15, 0.2) is 12.2 Å². The van der Waals surface area contributed by atoms with Crippen LogP contribution < -0.4 is 5.32 Å². The van der Waals surface area contributed by atoms with Crippen molar-refractivity contribution in [2.75, 3.05) is 19.0 Å². The van der Waals surface area contributed by atoms with Gasteiger partial charge < -0.3 is 19.7 Å². The minimum atomic E-state index is -0.674. The number of aliphatic imine (C=N–C) groups is 2. The Morgan fingerprint density at radius 2 is 2.26 bits per heavy atom. The molecule has 0 aromatic heterocycles. The molecule has 2 unspecified atom stereocenters. The van der Waals surface area contributed by atoms with Crippen molar-refractivity contribution in [2.45, 2.75) is 24.7 Å². The zero-order valence-corrected chi connectivity index (χ0v) is 13.3. The van der Waals surface area contributed by atoms with Gasteiger partial charge in [0.25, 0.3) is 5.91 Å². The quantitative estimate of drug-likeness (QED) is 0.425. The largest absolute Gasteiger partial charge is 0.508 e. The normalized spacial score (nSPS) is 31.2. The van der Waals surface area contributed by atoms with Crippen LogP contribution in [0, 0.1) is 5.92 Å². The minimum Gasteiger partial charge on any atom is -0.434 e. The highest BCUT2D eigenvalue weighted by molar-refractivity contribution is 7.80. The predicted molar refractivity (Wildman–Crippen MR) is 86.7 cm³/mol. The van der Waals surface area contributed by atoms with Crippen LogP contribution in [0.5, 0.6) is 0 Å². The Labute approximate surface area is 139 Å². The average Bonchev–Trinajstić information content (AvgIpc) is 3.18. The highest BCUT2D eigenvalue weighted by atomic mass is 32.1.